The van der Waals surface area contributed by atoms with Gasteiger partial charge in [-0.15, -0.1) is 0 Å². The van der Waals surface area contributed by atoms with Crippen LogP contribution in [0.25, 0.3) is 0 Å². The number of nitrogens with one attached hydrogen (secondary N) is 3. The molecular weight excluding hydrogens is 440 g/mol. The minimum absolute atomic E-state index is 0.0464. The zero-order valence-corrected chi connectivity index (χ0v) is 20.7. The van der Waals surface area contributed by atoms with E-state index in [1.807, 2.05) is 34.0 Å². The molecule has 31 heavy (non-hydrogen) atoms. The van der Waals surface area contributed by atoms with Gasteiger partial charge in [0.05, 0.1) is 6.04 Å². The molecule has 180 valence electrons. The number of hydrogen-bond acceptors (Lipinski definition) is 7. The maximum atomic E-state index is 13.0. The zero-order valence-electron chi connectivity index (χ0n) is 19.0. The van der Waals surface area contributed by atoms with Gasteiger partial charge in [0.1, 0.15) is 18.1 Å². The molecule has 0 saturated carbocycles. The molecule has 0 heterocycles. The molecule has 6 N–H and O–H groups in total. The summed E-state index contributed by atoms with van der Waals surface area (Å²) in [5.41, 5.74) is 6.00. The first-order valence-corrected chi connectivity index (χ1v) is 12.6. The summed E-state index contributed by atoms with van der Waals surface area (Å²) in [6, 6.07) is -3.71. The van der Waals surface area contributed by atoms with Crippen molar-refractivity contribution in [1.82, 2.24) is 16.0 Å². The summed E-state index contributed by atoms with van der Waals surface area (Å²) in [5.74, 6) is -2.47. The van der Waals surface area contributed by atoms with Gasteiger partial charge in [-0.1, -0.05) is 40.5 Å². The Morgan fingerprint density at radius 1 is 0.935 bits per heavy atom. The molecule has 0 fully saturated rings. The van der Waals surface area contributed by atoms with Crippen LogP contribution in [0.5, 0.6) is 0 Å². The highest BCUT2D eigenvalue weighted by molar-refractivity contribution is 7.98. The molecular formula is C20H38N4O5S2. The fourth-order valence-electron chi connectivity index (χ4n) is 2.69. The molecule has 0 radical (unpaired) electrons. The van der Waals surface area contributed by atoms with Crippen molar-refractivity contribution in [3.8, 4) is 0 Å². The van der Waals surface area contributed by atoms with Gasteiger partial charge in [-0.05, 0) is 30.3 Å². The van der Waals surface area contributed by atoms with Crippen molar-refractivity contribution in [2.75, 3.05) is 17.8 Å². The Morgan fingerprint density at radius 2 is 1.48 bits per heavy atom. The van der Waals surface area contributed by atoms with Crippen LogP contribution >= 0.6 is 24.4 Å². The highest BCUT2D eigenvalue weighted by Gasteiger charge is 2.32. The molecule has 6 unspecified atom stereocenters. The number of rotatable bonds is 15. The summed E-state index contributed by atoms with van der Waals surface area (Å²) >= 11 is 5.44. The van der Waals surface area contributed by atoms with Gasteiger partial charge in [0.15, 0.2) is 0 Å². The molecule has 0 bridgehead atoms. The maximum absolute atomic E-state index is 13.0. The molecule has 9 nitrogen and oxygen atoms in total. The van der Waals surface area contributed by atoms with Gasteiger partial charge in [-0.3, -0.25) is 14.4 Å². The van der Waals surface area contributed by atoms with Crippen LogP contribution in [0.2, 0.25) is 0 Å². The highest BCUT2D eigenvalue weighted by atomic mass is 32.2. The molecule has 11 heteroatoms. The van der Waals surface area contributed by atoms with Gasteiger partial charge < -0.3 is 26.8 Å². The van der Waals surface area contributed by atoms with E-state index in [9.17, 15) is 19.2 Å². The Kier molecular flexibility index (Phi) is 14.6. The smallest absolute Gasteiger partial charge is 0.327 e. The SMILES string of the molecule is CCC(C)C(N)C(=O)NC(C(=O)NC(CCSC)C(=O)NC(CS)C(=O)O)C(C)CC. The van der Waals surface area contributed by atoms with Crippen LogP contribution in [0, 0.1) is 11.8 Å². The summed E-state index contributed by atoms with van der Waals surface area (Å²) in [5, 5.41) is 17.0. The molecule has 0 aliphatic rings. The minimum Gasteiger partial charge on any atom is -0.480 e. The molecule has 0 aliphatic carbocycles. The molecule has 0 aromatic rings. The largest absolute Gasteiger partial charge is 0.480 e. The molecule has 0 aromatic heterocycles. The van der Waals surface area contributed by atoms with Gasteiger partial charge in [-0.25, -0.2) is 4.79 Å². The standard InChI is InChI=1S/C20H38N4O5S2/c1-6-11(3)15(21)18(26)24-16(12(4)7-2)19(27)22-13(8-9-31-5)17(25)23-14(10-30)20(28)29/h11-16,30H,6-10,21H2,1-5H3,(H,22,27)(H,23,25)(H,24,26)(H,28,29). The second-order valence-electron chi connectivity index (χ2n) is 7.71. The van der Waals surface area contributed by atoms with Crippen LogP contribution in [-0.2, 0) is 19.2 Å². The van der Waals surface area contributed by atoms with E-state index in [0.717, 1.165) is 6.42 Å². The number of nitrogens with two attached hydrogens (primary N) is 1. The van der Waals surface area contributed by atoms with Crippen LogP contribution in [-0.4, -0.2) is 70.7 Å². The summed E-state index contributed by atoms with van der Waals surface area (Å²) < 4.78 is 0. The summed E-state index contributed by atoms with van der Waals surface area (Å²) in [6.07, 6.45) is 3.52. The average Bonchev–Trinajstić information content (AvgIpc) is 2.75. The van der Waals surface area contributed by atoms with Crippen molar-refractivity contribution >= 4 is 48.1 Å². The van der Waals surface area contributed by atoms with E-state index in [-0.39, 0.29) is 17.6 Å². The van der Waals surface area contributed by atoms with Crippen molar-refractivity contribution in [2.45, 2.75) is 71.1 Å². The van der Waals surface area contributed by atoms with E-state index in [2.05, 4.69) is 28.6 Å². The van der Waals surface area contributed by atoms with E-state index in [4.69, 9.17) is 10.8 Å². The number of thiol groups is 1. The molecule has 0 spiro atoms. The van der Waals surface area contributed by atoms with E-state index in [0.29, 0.717) is 18.6 Å². The second-order valence-corrected chi connectivity index (χ2v) is 9.06. The Morgan fingerprint density at radius 3 is 1.94 bits per heavy atom. The predicted octanol–water partition coefficient (Wildman–Crippen LogP) is 0.628. The lowest BCUT2D eigenvalue weighted by atomic mass is 9.95. The lowest BCUT2D eigenvalue weighted by Crippen LogP contribution is -2.59. The van der Waals surface area contributed by atoms with Gasteiger partial charge in [0, 0.05) is 5.75 Å². The number of thioether (sulfide) groups is 1. The Hall–Kier alpha value is -1.46. The maximum Gasteiger partial charge on any atom is 0.327 e. The van der Waals surface area contributed by atoms with Crippen LogP contribution in [0.3, 0.4) is 0 Å². The number of carboxylic acid groups (broad SMARTS) is 1. The first kappa shape index (κ1) is 29.5. The Balaban J connectivity index is 5.46. The Labute approximate surface area is 194 Å². The first-order chi connectivity index (χ1) is 14.5. The quantitative estimate of drug-likeness (QED) is 0.189. The summed E-state index contributed by atoms with van der Waals surface area (Å²) in [6.45, 7) is 7.53. The lowest BCUT2D eigenvalue weighted by molar-refractivity contribution is -0.141. The van der Waals surface area contributed by atoms with Crippen LogP contribution in [0.4, 0.5) is 0 Å². The predicted molar refractivity (Wildman–Crippen MR) is 127 cm³/mol. The minimum atomic E-state index is -1.21. The summed E-state index contributed by atoms with van der Waals surface area (Å²) in [4.78, 5) is 49.4. The van der Waals surface area contributed by atoms with Crippen molar-refractivity contribution in [3.05, 3.63) is 0 Å². The number of carbonyl (C=O) groups is 4. The van der Waals surface area contributed by atoms with Gasteiger partial charge >= 0.3 is 5.97 Å². The normalized spacial score (nSPS) is 16.9. The molecule has 0 aliphatic heterocycles. The van der Waals surface area contributed by atoms with E-state index in [1.54, 1.807) is 0 Å². The second kappa shape index (κ2) is 15.4. The number of hydrogen-bond donors (Lipinski definition) is 6. The average molecular weight is 479 g/mol. The molecule has 3 amide bonds. The molecule has 0 aromatic carbocycles. The monoisotopic (exact) mass is 478 g/mol. The highest BCUT2D eigenvalue weighted by Crippen LogP contribution is 2.12. The third-order valence-corrected chi connectivity index (χ3v) is 6.40. The van der Waals surface area contributed by atoms with Gasteiger partial charge in [0.25, 0.3) is 0 Å². The van der Waals surface area contributed by atoms with E-state index in [1.165, 1.54) is 11.8 Å². The number of amides is 3. The van der Waals surface area contributed by atoms with Crippen LogP contribution < -0.4 is 21.7 Å². The third-order valence-electron chi connectivity index (χ3n) is 5.39. The van der Waals surface area contributed by atoms with E-state index < -0.39 is 47.9 Å². The lowest BCUT2D eigenvalue weighted by Gasteiger charge is -2.28. The molecule has 0 saturated heterocycles. The van der Waals surface area contributed by atoms with E-state index >= 15 is 0 Å². The Bertz CT molecular complexity index is 608. The zero-order chi connectivity index (χ0) is 24.1. The number of carbonyl (C=O) groups excluding carboxylic acids is 3. The van der Waals surface area contributed by atoms with Gasteiger partial charge in [0.2, 0.25) is 17.7 Å². The van der Waals surface area contributed by atoms with Crippen molar-refractivity contribution in [1.29, 1.82) is 0 Å². The fraction of sp³-hybridized carbons (Fsp3) is 0.800. The third kappa shape index (κ3) is 10.1. The van der Waals surface area contributed by atoms with Crippen molar-refractivity contribution in [3.63, 3.8) is 0 Å². The first-order valence-electron chi connectivity index (χ1n) is 10.5. The molecule has 0 rings (SSSR count). The van der Waals surface area contributed by atoms with Crippen molar-refractivity contribution < 1.29 is 24.3 Å². The summed E-state index contributed by atoms with van der Waals surface area (Å²) in [7, 11) is 0. The van der Waals surface area contributed by atoms with Gasteiger partial charge in [-0.2, -0.15) is 24.4 Å². The topological polar surface area (TPSA) is 151 Å². The van der Waals surface area contributed by atoms with Crippen LogP contribution in [0.15, 0.2) is 0 Å². The molecule has 6 atom stereocenters. The number of aliphatic carboxylic acids is 1. The van der Waals surface area contributed by atoms with Crippen molar-refractivity contribution in [2.24, 2.45) is 17.6 Å². The van der Waals surface area contributed by atoms with Crippen LogP contribution in [0.1, 0.15) is 47.0 Å². The fourth-order valence-corrected chi connectivity index (χ4v) is 3.41. The number of carboxylic acids is 1.